The number of carbonyl (C=O) groups is 1. The number of hydrogen-bond donors (Lipinski definition) is 2. The molecular formula is C20H21N3O5S. The molecule has 1 aromatic heterocycles. The monoisotopic (exact) mass is 415 g/mol. The third-order valence-corrected chi connectivity index (χ3v) is 6.96. The lowest BCUT2D eigenvalue weighted by Crippen LogP contribution is -2.45. The molecule has 1 saturated heterocycles. The molecule has 1 amide bonds. The zero-order valence-electron chi connectivity index (χ0n) is 15.6. The highest BCUT2D eigenvalue weighted by Crippen LogP contribution is 2.25. The van der Waals surface area contributed by atoms with E-state index in [0.717, 1.165) is 5.56 Å². The zero-order valence-corrected chi connectivity index (χ0v) is 16.4. The Balaban J connectivity index is 1.47. The quantitative estimate of drug-likeness (QED) is 0.660. The molecule has 1 fully saturated rings. The van der Waals surface area contributed by atoms with Crippen molar-refractivity contribution < 1.29 is 17.6 Å². The highest BCUT2D eigenvalue weighted by molar-refractivity contribution is 7.89. The number of piperidine rings is 1. The molecule has 2 heterocycles. The summed E-state index contributed by atoms with van der Waals surface area (Å²) in [5.41, 5.74) is 1.61. The number of amides is 1. The van der Waals surface area contributed by atoms with Gasteiger partial charge in [-0.3, -0.25) is 9.78 Å². The molecule has 0 saturated carbocycles. The Morgan fingerprint density at radius 3 is 2.79 bits per heavy atom. The molecule has 152 valence electrons. The second kappa shape index (κ2) is 7.84. The van der Waals surface area contributed by atoms with Crippen LogP contribution in [-0.2, 0) is 21.4 Å². The number of aromatic amines is 1. The standard InChI is InChI=1S/C20H21N3O5S/c24-19(21-12-14-5-2-1-3-6-14)15-7-4-10-23(13-15)29(26,27)16-8-9-17-18(11-16)28-20(25)22-17/h1-3,5-6,8-9,11,15H,4,7,10,12-13H2,(H,21,24)(H,22,25)/t15-/m1/s1. The van der Waals surface area contributed by atoms with Crippen LogP contribution in [0.4, 0.5) is 0 Å². The molecule has 2 aromatic carbocycles. The summed E-state index contributed by atoms with van der Waals surface area (Å²) in [6, 6.07) is 13.8. The van der Waals surface area contributed by atoms with Crippen LogP contribution in [0, 0.1) is 5.92 Å². The summed E-state index contributed by atoms with van der Waals surface area (Å²) in [4.78, 5) is 26.4. The van der Waals surface area contributed by atoms with E-state index in [1.54, 1.807) is 0 Å². The van der Waals surface area contributed by atoms with Gasteiger partial charge in [-0.05, 0) is 30.5 Å². The Morgan fingerprint density at radius 1 is 1.21 bits per heavy atom. The van der Waals surface area contributed by atoms with Gasteiger partial charge in [-0.15, -0.1) is 0 Å². The SMILES string of the molecule is O=C(NCc1ccccc1)[C@@H]1CCCN(S(=O)(=O)c2ccc3[nH]c(=O)oc3c2)C1. The summed E-state index contributed by atoms with van der Waals surface area (Å²) in [5.74, 6) is -1.19. The van der Waals surface area contributed by atoms with Crippen molar-refractivity contribution in [3.63, 3.8) is 0 Å². The minimum absolute atomic E-state index is 0.0399. The zero-order chi connectivity index (χ0) is 20.4. The molecular weight excluding hydrogens is 394 g/mol. The normalized spacial score (nSPS) is 18.0. The minimum atomic E-state index is -3.80. The van der Waals surface area contributed by atoms with Crippen LogP contribution in [0.1, 0.15) is 18.4 Å². The maximum Gasteiger partial charge on any atom is 0.417 e. The number of benzene rings is 2. The number of nitrogens with zero attached hydrogens (tertiary/aromatic N) is 1. The Kier molecular flexibility index (Phi) is 5.25. The van der Waals surface area contributed by atoms with Gasteiger partial charge in [0.05, 0.1) is 16.3 Å². The number of nitrogens with one attached hydrogen (secondary N) is 2. The third-order valence-electron chi connectivity index (χ3n) is 5.09. The van der Waals surface area contributed by atoms with Gasteiger partial charge < -0.3 is 9.73 Å². The van der Waals surface area contributed by atoms with Gasteiger partial charge in [0.2, 0.25) is 15.9 Å². The topological polar surface area (TPSA) is 112 Å². The lowest BCUT2D eigenvalue weighted by Gasteiger charge is -2.31. The molecule has 0 radical (unpaired) electrons. The lowest BCUT2D eigenvalue weighted by atomic mass is 9.99. The molecule has 0 unspecified atom stereocenters. The van der Waals surface area contributed by atoms with Gasteiger partial charge in [-0.25, -0.2) is 13.2 Å². The highest BCUT2D eigenvalue weighted by Gasteiger charge is 2.33. The Labute approximate surface area is 167 Å². The van der Waals surface area contributed by atoms with E-state index in [4.69, 9.17) is 4.42 Å². The summed E-state index contributed by atoms with van der Waals surface area (Å²) in [6.07, 6.45) is 1.24. The first-order valence-corrected chi connectivity index (χ1v) is 10.8. The predicted octanol–water partition coefficient (Wildman–Crippen LogP) is 1.84. The highest BCUT2D eigenvalue weighted by atomic mass is 32.2. The van der Waals surface area contributed by atoms with Crippen molar-refractivity contribution in [2.75, 3.05) is 13.1 Å². The molecule has 3 aromatic rings. The molecule has 0 aliphatic carbocycles. The molecule has 29 heavy (non-hydrogen) atoms. The maximum absolute atomic E-state index is 13.0. The summed E-state index contributed by atoms with van der Waals surface area (Å²) in [7, 11) is -3.80. The van der Waals surface area contributed by atoms with E-state index in [-0.39, 0.29) is 22.9 Å². The molecule has 1 aliphatic rings. The first kappa shape index (κ1) is 19.4. The van der Waals surface area contributed by atoms with Gasteiger partial charge >= 0.3 is 5.76 Å². The smallest absolute Gasteiger partial charge is 0.408 e. The molecule has 1 atom stereocenters. The van der Waals surface area contributed by atoms with Crippen molar-refractivity contribution in [3.8, 4) is 0 Å². The van der Waals surface area contributed by atoms with Crippen LogP contribution in [0.5, 0.6) is 0 Å². The van der Waals surface area contributed by atoms with Gasteiger partial charge in [0.15, 0.2) is 5.58 Å². The number of oxazole rings is 1. The van der Waals surface area contributed by atoms with Gasteiger partial charge in [-0.2, -0.15) is 4.31 Å². The summed E-state index contributed by atoms with van der Waals surface area (Å²) in [5, 5.41) is 2.89. The van der Waals surface area contributed by atoms with Crippen molar-refractivity contribution in [1.29, 1.82) is 0 Å². The molecule has 4 rings (SSSR count). The van der Waals surface area contributed by atoms with Gasteiger partial charge in [0.25, 0.3) is 0 Å². The Hall–Kier alpha value is -2.91. The number of aromatic nitrogens is 1. The molecule has 0 spiro atoms. The molecule has 0 bridgehead atoms. The fraction of sp³-hybridized carbons (Fsp3) is 0.300. The molecule has 1 aliphatic heterocycles. The van der Waals surface area contributed by atoms with E-state index >= 15 is 0 Å². The van der Waals surface area contributed by atoms with Crippen LogP contribution < -0.4 is 11.1 Å². The van der Waals surface area contributed by atoms with E-state index in [2.05, 4.69) is 10.3 Å². The second-order valence-corrected chi connectivity index (χ2v) is 9.02. The third kappa shape index (κ3) is 4.10. The fourth-order valence-electron chi connectivity index (χ4n) is 3.54. The number of hydrogen-bond acceptors (Lipinski definition) is 5. The first-order valence-electron chi connectivity index (χ1n) is 9.38. The van der Waals surface area contributed by atoms with E-state index in [1.807, 2.05) is 30.3 Å². The van der Waals surface area contributed by atoms with E-state index in [0.29, 0.717) is 31.4 Å². The van der Waals surface area contributed by atoms with Gasteiger partial charge in [-0.1, -0.05) is 30.3 Å². The summed E-state index contributed by atoms with van der Waals surface area (Å²) in [6.45, 7) is 0.879. The first-order chi connectivity index (χ1) is 13.9. The number of carbonyl (C=O) groups excluding carboxylic acids is 1. The Bertz CT molecular complexity index is 1180. The molecule has 2 N–H and O–H groups in total. The number of H-pyrrole nitrogens is 1. The lowest BCUT2D eigenvalue weighted by molar-refractivity contribution is -0.126. The fourth-order valence-corrected chi connectivity index (χ4v) is 5.08. The van der Waals surface area contributed by atoms with E-state index < -0.39 is 21.7 Å². The van der Waals surface area contributed by atoms with Crippen molar-refractivity contribution >= 4 is 27.0 Å². The van der Waals surface area contributed by atoms with Crippen molar-refractivity contribution in [2.24, 2.45) is 5.92 Å². The van der Waals surface area contributed by atoms with Crippen LogP contribution >= 0.6 is 0 Å². The average Bonchev–Trinajstić information content (AvgIpc) is 3.12. The molecule has 8 nitrogen and oxygen atoms in total. The number of sulfonamides is 1. The van der Waals surface area contributed by atoms with Crippen molar-refractivity contribution in [3.05, 3.63) is 64.6 Å². The van der Waals surface area contributed by atoms with Crippen LogP contribution in [-0.4, -0.2) is 36.7 Å². The van der Waals surface area contributed by atoms with Crippen LogP contribution in [0.2, 0.25) is 0 Å². The van der Waals surface area contributed by atoms with E-state index in [1.165, 1.54) is 22.5 Å². The van der Waals surface area contributed by atoms with Gasteiger partial charge in [0, 0.05) is 25.7 Å². The van der Waals surface area contributed by atoms with Crippen LogP contribution in [0.25, 0.3) is 11.1 Å². The summed E-state index contributed by atoms with van der Waals surface area (Å²) < 4.78 is 32.4. The van der Waals surface area contributed by atoms with E-state index in [9.17, 15) is 18.0 Å². The Morgan fingerprint density at radius 2 is 2.00 bits per heavy atom. The maximum atomic E-state index is 13.0. The number of fused-ring (bicyclic) bond motifs is 1. The minimum Gasteiger partial charge on any atom is -0.408 e. The largest absolute Gasteiger partial charge is 0.417 e. The van der Waals surface area contributed by atoms with Gasteiger partial charge in [0.1, 0.15) is 0 Å². The van der Waals surface area contributed by atoms with Crippen LogP contribution in [0.3, 0.4) is 0 Å². The van der Waals surface area contributed by atoms with Crippen LogP contribution in [0.15, 0.2) is 62.6 Å². The summed E-state index contributed by atoms with van der Waals surface area (Å²) >= 11 is 0. The van der Waals surface area contributed by atoms with Crippen molar-refractivity contribution in [2.45, 2.75) is 24.3 Å². The van der Waals surface area contributed by atoms with Crippen molar-refractivity contribution in [1.82, 2.24) is 14.6 Å². The number of rotatable bonds is 5. The predicted molar refractivity (Wildman–Crippen MR) is 107 cm³/mol. The molecule has 9 heteroatoms. The second-order valence-electron chi connectivity index (χ2n) is 7.08. The average molecular weight is 415 g/mol.